The van der Waals surface area contributed by atoms with Gasteiger partial charge in [-0.3, -0.25) is 9.79 Å². The molecule has 0 fully saturated rings. The van der Waals surface area contributed by atoms with Gasteiger partial charge in [0.15, 0.2) is 5.96 Å². The van der Waals surface area contributed by atoms with Crippen LogP contribution in [0.1, 0.15) is 23.6 Å². The van der Waals surface area contributed by atoms with Gasteiger partial charge >= 0.3 is 0 Å². The van der Waals surface area contributed by atoms with Crippen LogP contribution in [0.3, 0.4) is 0 Å². The lowest BCUT2D eigenvalue weighted by Gasteiger charge is -2.13. The molecule has 0 spiro atoms. The Labute approximate surface area is 184 Å². The van der Waals surface area contributed by atoms with E-state index in [-0.39, 0.29) is 29.9 Å². The topological polar surface area (TPSA) is 74.8 Å². The number of rotatable bonds is 7. The van der Waals surface area contributed by atoms with Crippen LogP contribution >= 0.6 is 24.0 Å². The smallest absolute Gasteiger partial charge is 0.221 e. The molecular weight excluding hydrogens is 467 g/mol. The number of halogens is 1. The SMILES string of the molecule is CN=C(NCCc1ccc(C)c(OC)c1)NCc1cccc(NC(C)=O)c1.I. The molecular formula is C21H29IN4O2. The Balaban J connectivity index is 0.00000392. The molecule has 0 bridgehead atoms. The molecule has 0 aromatic heterocycles. The molecule has 0 radical (unpaired) electrons. The molecule has 2 aromatic rings. The van der Waals surface area contributed by atoms with Crippen molar-refractivity contribution in [1.82, 2.24) is 10.6 Å². The lowest BCUT2D eigenvalue weighted by Crippen LogP contribution is -2.37. The number of hydrogen-bond acceptors (Lipinski definition) is 3. The molecule has 0 saturated carbocycles. The second kappa shape index (κ2) is 12.2. The predicted octanol–water partition coefficient (Wildman–Crippen LogP) is 3.49. The summed E-state index contributed by atoms with van der Waals surface area (Å²) in [7, 11) is 3.44. The van der Waals surface area contributed by atoms with E-state index in [9.17, 15) is 4.79 Å². The van der Waals surface area contributed by atoms with Crippen molar-refractivity contribution in [2.75, 3.05) is 26.0 Å². The third-order valence-corrected chi connectivity index (χ3v) is 4.11. The summed E-state index contributed by atoms with van der Waals surface area (Å²) in [5.41, 5.74) is 4.20. The van der Waals surface area contributed by atoms with Gasteiger partial charge in [0.1, 0.15) is 5.75 Å². The minimum absolute atomic E-state index is 0. The molecule has 152 valence electrons. The number of hydrogen-bond donors (Lipinski definition) is 3. The number of carbonyl (C=O) groups excluding carboxylic acids is 1. The van der Waals surface area contributed by atoms with Gasteiger partial charge in [0.05, 0.1) is 7.11 Å². The molecule has 28 heavy (non-hydrogen) atoms. The van der Waals surface area contributed by atoms with Crippen LogP contribution in [0.5, 0.6) is 5.75 Å². The van der Waals surface area contributed by atoms with Crippen molar-refractivity contribution >= 4 is 41.5 Å². The van der Waals surface area contributed by atoms with E-state index in [1.807, 2.05) is 31.2 Å². The Bertz CT molecular complexity index is 809. The van der Waals surface area contributed by atoms with Crippen LogP contribution in [0.15, 0.2) is 47.5 Å². The minimum atomic E-state index is -0.0784. The van der Waals surface area contributed by atoms with Gasteiger partial charge in [-0.1, -0.05) is 24.3 Å². The first kappa shape index (κ1) is 23.7. The number of ether oxygens (including phenoxy) is 1. The van der Waals surface area contributed by atoms with Crippen LogP contribution in [-0.2, 0) is 17.8 Å². The van der Waals surface area contributed by atoms with Gasteiger partial charge in [-0.25, -0.2) is 0 Å². The van der Waals surface area contributed by atoms with Gasteiger partial charge in [-0.2, -0.15) is 0 Å². The maximum Gasteiger partial charge on any atom is 0.221 e. The first-order valence-corrected chi connectivity index (χ1v) is 8.96. The Hall–Kier alpha value is -2.29. The average molecular weight is 496 g/mol. The number of carbonyl (C=O) groups is 1. The quantitative estimate of drug-likeness (QED) is 0.312. The highest BCUT2D eigenvalue weighted by Crippen LogP contribution is 2.19. The summed E-state index contributed by atoms with van der Waals surface area (Å²) in [5, 5.41) is 9.39. The zero-order valence-corrected chi connectivity index (χ0v) is 19.2. The Morgan fingerprint density at radius 1 is 1.11 bits per heavy atom. The van der Waals surface area contributed by atoms with Crippen molar-refractivity contribution in [1.29, 1.82) is 0 Å². The normalized spacial score (nSPS) is 10.6. The van der Waals surface area contributed by atoms with Gasteiger partial charge in [0.25, 0.3) is 0 Å². The van der Waals surface area contributed by atoms with Crippen molar-refractivity contribution in [2.45, 2.75) is 26.8 Å². The van der Waals surface area contributed by atoms with Crippen molar-refractivity contribution in [3.8, 4) is 5.75 Å². The average Bonchev–Trinajstić information content (AvgIpc) is 2.65. The molecule has 0 saturated heterocycles. The van der Waals surface area contributed by atoms with Crippen molar-refractivity contribution in [3.63, 3.8) is 0 Å². The van der Waals surface area contributed by atoms with E-state index in [2.05, 4.69) is 39.1 Å². The van der Waals surface area contributed by atoms with Crippen molar-refractivity contribution in [3.05, 3.63) is 59.2 Å². The van der Waals surface area contributed by atoms with E-state index < -0.39 is 0 Å². The van der Waals surface area contributed by atoms with Crippen molar-refractivity contribution in [2.24, 2.45) is 4.99 Å². The Kier molecular flexibility index (Phi) is 10.4. The second-order valence-corrected chi connectivity index (χ2v) is 6.29. The minimum Gasteiger partial charge on any atom is -0.496 e. The largest absolute Gasteiger partial charge is 0.496 e. The molecule has 0 atom stereocenters. The van der Waals surface area contributed by atoms with Crippen LogP contribution in [0.4, 0.5) is 5.69 Å². The molecule has 0 aliphatic carbocycles. The van der Waals surface area contributed by atoms with Gasteiger partial charge in [-0.15, -0.1) is 24.0 Å². The molecule has 0 aliphatic heterocycles. The number of nitrogens with zero attached hydrogens (tertiary/aromatic N) is 1. The maximum absolute atomic E-state index is 11.2. The highest BCUT2D eigenvalue weighted by Gasteiger charge is 2.03. The van der Waals surface area contributed by atoms with E-state index in [4.69, 9.17) is 4.74 Å². The zero-order chi connectivity index (χ0) is 19.6. The summed E-state index contributed by atoms with van der Waals surface area (Å²) in [5.74, 6) is 1.57. The molecule has 1 amide bonds. The summed E-state index contributed by atoms with van der Waals surface area (Å²) in [4.78, 5) is 15.4. The third kappa shape index (κ3) is 7.75. The first-order valence-electron chi connectivity index (χ1n) is 8.96. The van der Waals surface area contributed by atoms with Gasteiger partial charge in [0.2, 0.25) is 5.91 Å². The van der Waals surface area contributed by atoms with Gasteiger partial charge in [0, 0.05) is 32.7 Å². The highest BCUT2D eigenvalue weighted by molar-refractivity contribution is 14.0. The predicted molar refractivity (Wildman–Crippen MR) is 126 cm³/mol. The molecule has 7 heteroatoms. The summed E-state index contributed by atoms with van der Waals surface area (Å²) < 4.78 is 5.37. The number of aliphatic imine (C=N–C) groups is 1. The lowest BCUT2D eigenvalue weighted by atomic mass is 10.1. The summed E-state index contributed by atoms with van der Waals surface area (Å²) >= 11 is 0. The molecule has 0 aliphatic rings. The second-order valence-electron chi connectivity index (χ2n) is 6.29. The van der Waals surface area contributed by atoms with E-state index >= 15 is 0 Å². The maximum atomic E-state index is 11.2. The molecule has 0 heterocycles. The van der Waals surface area contributed by atoms with E-state index in [0.29, 0.717) is 6.54 Å². The Morgan fingerprint density at radius 3 is 2.57 bits per heavy atom. The zero-order valence-electron chi connectivity index (χ0n) is 16.8. The van der Waals surface area contributed by atoms with Crippen LogP contribution < -0.4 is 20.7 Å². The van der Waals surface area contributed by atoms with E-state index in [1.165, 1.54) is 12.5 Å². The summed E-state index contributed by atoms with van der Waals surface area (Å²) in [6.45, 7) is 4.91. The number of anilines is 1. The monoisotopic (exact) mass is 496 g/mol. The number of nitrogens with one attached hydrogen (secondary N) is 3. The number of guanidine groups is 1. The first-order chi connectivity index (χ1) is 13.0. The van der Waals surface area contributed by atoms with Gasteiger partial charge < -0.3 is 20.7 Å². The lowest BCUT2D eigenvalue weighted by molar-refractivity contribution is -0.114. The molecule has 0 unspecified atom stereocenters. The fourth-order valence-corrected chi connectivity index (χ4v) is 2.71. The van der Waals surface area contributed by atoms with Crippen LogP contribution in [0.2, 0.25) is 0 Å². The van der Waals surface area contributed by atoms with Crippen LogP contribution in [-0.4, -0.2) is 32.6 Å². The Morgan fingerprint density at radius 2 is 1.89 bits per heavy atom. The number of aryl methyl sites for hydroxylation is 1. The van der Waals surface area contributed by atoms with Crippen molar-refractivity contribution < 1.29 is 9.53 Å². The molecule has 2 rings (SSSR count). The number of methoxy groups -OCH3 is 1. The standard InChI is InChI=1S/C21H28N4O2.HI/c1-15-8-9-17(13-20(15)27-4)10-11-23-21(22-3)24-14-18-6-5-7-19(12-18)25-16(2)26;/h5-9,12-13H,10-11,14H2,1-4H3,(H,25,26)(H2,22,23,24);1H. The van der Waals surface area contributed by atoms with E-state index in [0.717, 1.165) is 41.5 Å². The van der Waals surface area contributed by atoms with E-state index in [1.54, 1.807) is 14.2 Å². The third-order valence-electron chi connectivity index (χ3n) is 4.11. The fourth-order valence-electron chi connectivity index (χ4n) is 2.71. The van der Waals surface area contributed by atoms with Gasteiger partial charge in [-0.05, 0) is 48.2 Å². The summed E-state index contributed by atoms with van der Waals surface area (Å²) in [6, 6.07) is 14.0. The van der Waals surface area contributed by atoms with Crippen LogP contribution in [0.25, 0.3) is 0 Å². The molecule has 3 N–H and O–H groups in total. The fraction of sp³-hybridized carbons (Fsp3) is 0.333. The summed E-state index contributed by atoms with van der Waals surface area (Å²) in [6.07, 6.45) is 0.870. The van der Waals surface area contributed by atoms with Crippen LogP contribution in [0, 0.1) is 6.92 Å². The molecule has 6 nitrogen and oxygen atoms in total. The highest BCUT2D eigenvalue weighted by atomic mass is 127. The molecule has 2 aromatic carbocycles. The number of amides is 1. The number of benzene rings is 2.